The van der Waals surface area contributed by atoms with E-state index in [0.717, 1.165) is 3.57 Å². The van der Waals surface area contributed by atoms with E-state index in [2.05, 4.69) is 27.9 Å². The molecule has 1 amide bonds. The van der Waals surface area contributed by atoms with Crippen LogP contribution in [-0.4, -0.2) is 20.1 Å². The number of ether oxygens (including phenoxy) is 2. The third-order valence-electron chi connectivity index (χ3n) is 2.84. The minimum absolute atomic E-state index is 0.229. The highest BCUT2D eigenvalue weighted by atomic mass is 127. The van der Waals surface area contributed by atoms with Crippen LogP contribution in [0.15, 0.2) is 36.4 Å². The predicted molar refractivity (Wildman–Crippen MR) is 91.7 cm³/mol. The summed E-state index contributed by atoms with van der Waals surface area (Å²) in [5, 5.41) is 3.43. The average molecular weight is 418 g/mol. The number of amides is 1. The number of carbonyl (C=O) groups is 1. The number of hydrogen-bond acceptors (Lipinski definition) is 3. The molecule has 2 aromatic carbocycles. The lowest BCUT2D eigenvalue weighted by Gasteiger charge is -2.12. The number of benzene rings is 2. The van der Waals surface area contributed by atoms with E-state index >= 15 is 0 Å². The predicted octanol–water partition coefficient (Wildman–Crippen LogP) is 4.21. The number of anilines is 1. The summed E-state index contributed by atoms with van der Waals surface area (Å²) in [5.74, 6) is 0.963. The maximum Gasteiger partial charge on any atom is 0.255 e. The van der Waals surface area contributed by atoms with Crippen LogP contribution in [0.2, 0.25) is 5.02 Å². The van der Waals surface area contributed by atoms with Crippen molar-refractivity contribution in [3.8, 4) is 11.5 Å². The van der Waals surface area contributed by atoms with Gasteiger partial charge in [-0.1, -0.05) is 11.6 Å². The van der Waals surface area contributed by atoms with Crippen molar-refractivity contribution in [3.05, 3.63) is 50.6 Å². The van der Waals surface area contributed by atoms with Crippen LogP contribution in [0.5, 0.6) is 11.5 Å². The molecule has 0 heterocycles. The first-order valence-corrected chi connectivity index (χ1v) is 7.49. The van der Waals surface area contributed by atoms with E-state index in [-0.39, 0.29) is 5.91 Å². The van der Waals surface area contributed by atoms with Gasteiger partial charge in [-0.2, -0.15) is 0 Å². The van der Waals surface area contributed by atoms with Gasteiger partial charge in [0.2, 0.25) is 0 Å². The normalized spacial score (nSPS) is 10.1. The first-order valence-electron chi connectivity index (χ1n) is 6.03. The molecule has 21 heavy (non-hydrogen) atoms. The molecule has 1 N–H and O–H groups in total. The van der Waals surface area contributed by atoms with Gasteiger partial charge in [0.25, 0.3) is 5.91 Å². The Morgan fingerprint density at radius 2 is 1.90 bits per heavy atom. The van der Waals surface area contributed by atoms with Crippen molar-refractivity contribution in [2.75, 3.05) is 19.5 Å². The standard InChI is InChI=1S/C15H13ClINO3/c1-20-10-4-6-13(14(8-10)21-2)18-15(19)9-3-5-11(16)12(17)7-9/h3-8H,1-2H3,(H,18,19). The molecule has 0 unspecified atom stereocenters. The van der Waals surface area contributed by atoms with Gasteiger partial charge in [0.1, 0.15) is 11.5 Å². The highest BCUT2D eigenvalue weighted by Gasteiger charge is 2.12. The monoisotopic (exact) mass is 417 g/mol. The largest absolute Gasteiger partial charge is 0.497 e. The van der Waals surface area contributed by atoms with Gasteiger partial charge in [0.05, 0.1) is 24.9 Å². The van der Waals surface area contributed by atoms with Crippen LogP contribution >= 0.6 is 34.2 Å². The van der Waals surface area contributed by atoms with Gasteiger partial charge in [-0.15, -0.1) is 0 Å². The Morgan fingerprint density at radius 3 is 2.52 bits per heavy atom. The molecule has 0 fully saturated rings. The highest BCUT2D eigenvalue weighted by Crippen LogP contribution is 2.29. The molecule has 0 aliphatic carbocycles. The third-order valence-corrected chi connectivity index (χ3v) is 4.38. The lowest BCUT2D eigenvalue weighted by atomic mass is 10.2. The number of methoxy groups -OCH3 is 2. The highest BCUT2D eigenvalue weighted by molar-refractivity contribution is 14.1. The lowest BCUT2D eigenvalue weighted by Crippen LogP contribution is -2.12. The van der Waals surface area contributed by atoms with Gasteiger partial charge >= 0.3 is 0 Å². The lowest BCUT2D eigenvalue weighted by molar-refractivity contribution is 0.102. The number of halogens is 2. The fourth-order valence-electron chi connectivity index (χ4n) is 1.73. The van der Waals surface area contributed by atoms with Crippen molar-refractivity contribution in [1.29, 1.82) is 0 Å². The van der Waals surface area contributed by atoms with Gasteiger partial charge in [-0.05, 0) is 52.9 Å². The zero-order valence-electron chi connectivity index (χ0n) is 11.4. The second-order valence-corrected chi connectivity index (χ2v) is 5.72. The van der Waals surface area contributed by atoms with E-state index in [9.17, 15) is 4.79 Å². The van der Waals surface area contributed by atoms with Crippen molar-refractivity contribution in [3.63, 3.8) is 0 Å². The van der Waals surface area contributed by atoms with Crippen molar-refractivity contribution in [2.45, 2.75) is 0 Å². The number of hydrogen-bond donors (Lipinski definition) is 1. The Bertz CT molecular complexity index is 676. The molecule has 0 spiro atoms. The Morgan fingerprint density at radius 1 is 1.14 bits per heavy atom. The van der Waals surface area contributed by atoms with E-state index in [0.29, 0.717) is 27.8 Å². The molecule has 2 rings (SSSR count). The average Bonchev–Trinajstić information content (AvgIpc) is 2.50. The topological polar surface area (TPSA) is 47.6 Å². The molecule has 0 atom stereocenters. The van der Waals surface area contributed by atoms with Crippen molar-refractivity contribution < 1.29 is 14.3 Å². The summed E-state index contributed by atoms with van der Waals surface area (Å²) < 4.78 is 11.2. The molecular weight excluding hydrogens is 405 g/mol. The molecular formula is C15H13ClINO3. The summed E-state index contributed by atoms with van der Waals surface area (Å²) in [5.41, 5.74) is 1.11. The van der Waals surface area contributed by atoms with Crippen LogP contribution in [0.25, 0.3) is 0 Å². The fourth-order valence-corrected chi connectivity index (χ4v) is 2.37. The zero-order chi connectivity index (χ0) is 15.4. The Labute approximate surface area is 141 Å². The molecule has 0 saturated carbocycles. The number of nitrogens with one attached hydrogen (secondary N) is 1. The molecule has 0 aliphatic rings. The molecule has 0 radical (unpaired) electrons. The summed E-state index contributed by atoms with van der Waals surface area (Å²) in [4.78, 5) is 12.3. The first kappa shape index (κ1) is 15.9. The minimum Gasteiger partial charge on any atom is -0.497 e. The van der Waals surface area contributed by atoms with E-state index < -0.39 is 0 Å². The molecule has 0 aliphatic heterocycles. The van der Waals surface area contributed by atoms with Gasteiger partial charge in [0.15, 0.2) is 0 Å². The molecule has 6 heteroatoms. The van der Waals surface area contributed by atoms with Crippen molar-refractivity contribution in [2.24, 2.45) is 0 Å². The SMILES string of the molecule is COc1ccc(NC(=O)c2ccc(Cl)c(I)c2)c(OC)c1. The first-order chi connectivity index (χ1) is 10.0. The second kappa shape index (κ2) is 7.00. The Hall–Kier alpha value is -1.47. The third kappa shape index (κ3) is 3.79. The van der Waals surface area contributed by atoms with E-state index in [1.165, 1.54) is 7.11 Å². The summed E-state index contributed by atoms with van der Waals surface area (Å²) in [6, 6.07) is 10.3. The van der Waals surface area contributed by atoms with Crippen LogP contribution in [0.3, 0.4) is 0 Å². The molecule has 0 bridgehead atoms. The quantitative estimate of drug-likeness (QED) is 0.758. The van der Waals surface area contributed by atoms with Crippen LogP contribution in [-0.2, 0) is 0 Å². The Balaban J connectivity index is 2.24. The van der Waals surface area contributed by atoms with Gasteiger partial charge in [0, 0.05) is 15.2 Å². The summed E-state index contributed by atoms with van der Waals surface area (Å²) >= 11 is 8.04. The van der Waals surface area contributed by atoms with Crippen LogP contribution < -0.4 is 14.8 Å². The van der Waals surface area contributed by atoms with Gasteiger partial charge in [-0.3, -0.25) is 4.79 Å². The van der Waals surface area contributed by atoms with Gasteiger partial charge in [-0.25, -0.2) is 0 Å². The van der Waals surface area contributed by atoms with Gasteiger partial charge < -0.3 is 14.8 Å². The summed E-state index contributed by atoms with van der Waals surface area (Å²) in [6.45, 7) is 0. The second-order valence-electron chi connectivity index (χ2n) is 4.15. The smallest absolute Gasteiger partial charge is 0.255 e. The van der Waals surface area contributed by atoms with Crippen molar-refractivity contribution >= 4 is 45.8 Å². The maximum atomic E-state index is 12.3. The fraction of sp³-hybridized carbons (Fsp3) is 0.133. The zero-order valence-corrected chi connectivity index (χ0v) is 14.4. The van der Waals surface area contributed by atoms with Crippen LogP contribution in [0, 0.1) is 3.57 Å². The van der Waals surface area contributed by atoms with E-state index in [4.69, 9.17) is 21.1 Å². The van der Waals surface area contributed by atoms with E-state index in [1.807, 2.05) is 0 Å². The number of carbonyl (C=O) groups excluding carboxylic acids is 1. The number of rotatable bonds is 4. The van der Waals surface area contributed by atoms with Crippen molar-refractivity contribution in [1.82, 2.24) is 0 Å². The van der Waals surface area contributed by atoms with E-state index in [1.54, 1.807) is 43.5 Å². The minimum atomic E-state index is -0.229. The molecule has 0 aromatic heterocycles. The Kier molecular flexibility index (Phi) is 5.30. The van der Waals surface area contributed by atoms with Crippen LogP contribution in [0.4, 0.5) is 5.69 Å². The summed E-state index contributed by atoms with van der Waals surface area (Å²) in [7, 11) is 3.11. The maximum absolute atomic E-state index is 12.3. The molecule has 110 valence electrons. The molecule has 0 saturated heterocycles. The molecule has 2 aromatic rings. The molecule has 4 nitrogen and oxygen atoms in total. The summed E-state index contributed by atoms with van der Waals surface area (Å²) in [6.07, 6.45) is 0. The van der Waals surface area contributed by atoms with Crippen LogP contribution in [0.1, 0.15) is 10.4 Å².